The third-order valence-corrected chi connectivity index (χ3v) is 9.13. The first-order valence-electron chi connectivity index (χ1n) is 11.0. The molecule has 0 bridgehead atoms. The Balaban J connectivity index is 1.51. The number of sulfonamides is 2. The lowest BCUT2D eigenvalue weighted by molar-refractivity contribution is 0.590. The Hall–Kier alpha value is -3.74. The molecular formula is C24H21ClN6O4S2. The van der Waals surface area contributed by atoms with Crippen LogP contribution in [0.4, 0.5) is 11.6 Å². The molecule has 1 aromatic heterocycles. The van der Waals surface area contributed by atoms with Gasteiger partial charge in [-0.05, 0) is 35.9 Å². The summed E-state index contributed by atoms with van der Waals surface area (Å²) in [5.41, 5.74) is 7.10. The molecule has 10 nitrogen and oxygen atoms in total. The van der Waals surface area contributed by atoms with E-state index in [0.29, 0.717) is 26.9 Å². The van der Waals surface area contributed by atoms with Crippen molar-refractivity contribution in [1.29, 1.82) is 0 Å². The molecule has 0 spiro atoms. The summed E-state index contributed by atoms with van der Waals surface area (Å²) in [4.78, 5) is 0. The molecule has 1 N–H and O–H groups in total. The van der Waals surface area contributed by atoms with E-state index in [1.165, 1.54) is 12.1 Å². The van der Waals surface area contributed by atoms with Crippen LogP contribution in [0.25, 0.3) is 5.69 Å². The average Bonchev–Trinajstić information content (AvgIpc) is 3.14. The van der Waals surface area contributed by atoms with E-state index in [0.717, 1.165) is 40.6 Å². The number of rotatable bonds is 6. The van der Waals surface area contributed by atoms with Crippen molar-refractivity contribution in [1.82, 2.24) is 14.8 Å². The fraction of sp³-hybridized carbons (Fsp3) is 0.125. The molecule has 13 heteroatoms. The maximum atomic E-state index is 12.1. The SMILES string of the molecule is CS(=O)(=O)N(c1ccc(Cc2nnc3n2-c2ccccc2C(c2ccc(Cl)cc2)=NN3)cc1)S(C)(=O)=O. The molecule has 0 atom stereocenters. The maximum absolute atomic E-state index is 12.1. The zero-order valence-electron chi connectivity index (χ0n) is 19.7. The summed E-state index contributed by atoms with van der Waals surface area (Å²) in [5.74, 6) is 1.04. The van der Waals surface area contributed by atoms with Gasteiger partial charge in [-0.15, -0.1) is 10.2 Å². The Labute approximate surface area is 219 Å². The number of halogens is 1. The fourth-order valence-electron chi connectivity index (χ4n) is 4.17. The fourth-order valence-corrected chi connectivity index (χ4v) is 7.27. The second-order valence-electron chi connectivity index (χ2n) is 8.44. The van der Waals surface area contributed by atoms with Gasteiger partial charge in [-0.1, -0.05) is 54.1 Å². The molecular weight excluding hydrogens is 536 g/mol. The van der Waals surface area contributed by atoms with Crippen LogP contribution in [0.1, 0.15) is 22.5 Å². The zero-order valence-corrected chi connectivity index (χ0v) is 22.1. The Bertz CT molecular complexity index is 1700. The number of fused-ring (bicyclic) bond motifs is 3. The lowest BCUT2D eigenvalue weighted by Crippen LogP contribution is -2.35. The van der Waals surface area contributed by atoms with Gasteiger partial charge in [0.1, 0.15) is 5.82 Å². The van der Waals surface area contributed by atoms with E-state index < -0.39 is 20.0 Å². The minimum atomic E-state index is -4.03. The molecule has 3 aromatic carbocycles. The first kappa shape index (κ1) is 24.9. The molecule has 0 aliphatic carbocycles. The van der Waals surface area contributed by atoms with Crippen LogP contribution >= 0.6 is 11.6 Å². The molecule has 1 aliphatic rings. The molecule has 0 saturated carbocycles. The third-order valence-electron chi connectivity index (χ3n) is 5.63. The molecule has 190 valence electrons. The minimum Gasteiger partial charge on any atom is -0.263 e. The molecule has 1 aliphatic heterocycles. The Morgan fingerprint density at radius 3 is 2.16 bits per heavy atom. The van der Waals surface area contributed by atoms with Gasteiger partial charge in [0.2, 0.25) is 26.0 Å². The molecule has 0 radical (unpaired) electrons. The first-order valence-corrected chi connectivity index (χ1v) is 15.0. The summed E-state index contributed by atoms with van der Waals surface area (Å²) in [6.07, 6.45) is 2.04. The van der Waals surface area contributed by atoms with E-state index >= 15 is 0 Å². The number of anilines is 2. The second kappa shape index (κ2) is 9.29. The van der Waals surface area contributed by atoms with Crippen molar-refractivity contribution in [2.45, 2.75) is 6.42 Å². The molecule has 2 heterocycles. The molecule has 0 amide bonds. The van der Waals surface area contributed by atoms with Crippen molar-refractivity contribution in [3.05, 3.63) is 100 Å². The van der Waals surface area contributed by atoms with Crippen LogP contribution in [0.5, 0.6) is 0 Å². The standard InChI is InChI=1S/C24H21ClN6O4S2/c1-36(32,33)31(37(2,34)35)19-13-7-16(8-14-19)15-22-26-28-24-29-27-23(17-9-11-18(25)12-10-17)20-5-3-4-6-21(20)30(22)24/h3-14H,15H2,1-2H3,(H,28,29). The highest BCUT2D eigenvalue weighted by molar-refractivity contribution is 8.09. The van der Waals surface area contributed by atoms with Crippen LogP contribution in [0.2, 0.25) is 5.02 Å². The predicted octanol–water partition coefficient (Wildman–Crippen LogP) is 3.42. The average molecular weight is 557 g/mol. The number of nitrogens with zero attached hydrogens (tertiary/aromatic N) is 5. The highest BCUT2D eigenvalue weighted by atomic mass is 35.5. The number of hydrogen-bond acceptors (Lipinski definition) is 8. The highest BCUT2D eigenvalue weighted by Gasteiger charge is 2.27. The number of hydrogen-bond donors (Lipinski definition) is 1. The second-order valence-corrected chi connectivity index (χ2v) is 12.8. The number of benzene rings is 3. The normalized spacial score (nSPS) is 13.1. The summed E-state index contributed by atoms with van der Waals surface area (Å²) in [7, 11) is -8.06. The van der Waals surface area contributed by atoms with Crippen LogP contribution in [0.15, 0.2) is 77.9 Å². The summed E-state index contributed by atoms with van der Waals surface area (Å²) in [5, 5.41) is 13.8. The monoisotopic (exact) mass is 556 g/mol. The van der Waals surface area contributed by atoms with Crippen molar-refractivity contribution < 1.29 is 16.8 Å². The first-order chi connectivity index (χ1) is 17.5. The van der Waals surface area contributed by atoms with Gasteiger partial charge < -0.3 is 0 Å². The van der Waals surface area contributed by atoms with Gasteiger partial charge in [0.25, 0.3) is 0 Å². The van der Waals surface area contributed by atoms with E-state index in [-0.39, 0.29) is 5.69 Å². The number of aromatic nitrogens is 3. The Morgan fingerprint density at radius 2 is 1.51 bits per heavy atom. The van der Waals surface area contributed by atoms with Crippen LogP contribution in [0.3, 0.4) is 0 Å². The van der Waals surface area contributed by atoms with E-state index in [2.05, 4.69) is 20.7 Å². The smallest absolute Gasteiger partial charge is 0.249 e. The van der Waals surface area contributed by atoms with E-state index in [4.69, 9.17) is 11.6 Å². The highest BCUT2D eigenvalue weighted by Crippen LogP contribution is 2.29. The van der Waals surface area contributed by atoms with Crippen LogP contribution in [0, 0.1) is 0 Å². The zero-order chi connectivity index (χ0) is 26.4. The maximum Gasteiger partial charge on any atom is 0.249 e. The van der Waals surface area contributed by atoms with Crippen molar-refractivity contribution in [2.24, 2.45) is 5.10 Å². The van der Waals surface area contributed by atoms with Crippen LogP contribution in [-0.2, 0) is 26.5 Å². The van der Waals surface area contributed by atoms with Gasteiger partial charge in [0.15, 0.2) is 0 Å². The summed E-state index contributed by atoms with van der Waals surface area (Å²) in [6, 6.07) is 21.4. The largest absolute Gasteiger partial charge is 0.263 e. The molecule has 4 aromatic rings. The molecule has 0 fully saturated rings. The van der Waals surface area contributed by atoms with Crippen LogP contribution in [-0.4, -0.2) is 49.8 Å². The number of hydrazone groups is 1. The van der Waals surface area contributed by atoms with E-state index in [9.17, 15) is 16.8 Å². The van der Waals surface area contributed by atoms with Crippen LogP contribution < -0.4 is 9.14 Å². The summed E-state index contributed by atoms with van der Waals surface area (Å²) < 4.78 is 50.6. The topological polar surface area (TPSA) is 127 Å². The summed E-state index contributed by atoms with van der Waals surface area (Å²) in [6.45, 7) is 0. The van der Waals surface area contributed by atoms with Gasteiger partial charge in [0.05, 0.1) is 29.6 Å². The molecule has 0 unspecified atom stereocenters. The third kappa shape index (κ3) is 4.95. The van der Waals surface area contributed by atoms with Crippen molar-refractivity contribution in [2.75, 3.05) is 21.6 Å². The van der Waals surface area contributed by atoms with E-state index in [1.807, 2.05) is 41.0 Å². The van der Waals surface area contributed by atoms with Gasteiger partial charge in [-0.2, -0.15) is 8.81 Å². The van der Waals surface area contributed by atoms with Gasteiger partial charge in [0, 0.05) is 22.6 Å². The molecule has 37 heavy (non-hydrogen) atoms. The van der Waals surface area contributed by atoms with Crippen molar-refractivity contribution >= 4 is 49.0 Å². The Morgan fingerprint density at radius 1 is 0.865 bits per heavy atom. The molecule has 5 rings (SSSR count). The molecule has 0 saturated heterocycles. The number of para-hydroxylation sites is 1. The van der Waals surface area contributed by atoms with Gasteiger partial charge in [-0.25, -0.2) is 22.3 Å². The minimum absolute atomic E-state index is 0.0295. The lowest BCUT2D eigenvalue weighted by atomic mass is 10.0. The van der Waals surface area contributed by atoms with Crippen molar-refractivity contribution in [3.8, 4) is 5.69 Å². The van der Waals surface area contributed by atoms with Gasteiger partial charge in [-0.3, -0.25) is 4.57 Å². The summed E-state index contributed by atoms with van der Waals surface area (Å²) >= 11 is 6.07. The van der Waals surface area contributed by atoms with E-state index in [1.54, 1.807) is 24.3 Å². The predicted molar refractivity (Wildman–Crippen MR) is 143 cm³/mol. The quantitative estimate of drug-likeness (QED) is 0.385. The van der Waals surface area contributed by atoms with Gasteiger partial charge >= 0.3 is 0 Å². The lowest BCUT2D eigenvalue weighted by Gasteiger charge is -2.20. The van der Waals surface area contributed by atoms with Crippen molar-refractivity contribution in [3.63, 3.8) is 0 Å². The Kier molecular flexibility index (Phi) is 6.26. The number of nitrogens with one attached hydrogen (secondary N) is 1.